The molecular weight excluding hydrogens is 212 g/mol. The van der Waals surface area contributed by atoms with Crippen LogP contribution in [0, 0.1) is 17.8 Å². The van der Waals surface area contributed by atoms with Crippen molar-refractivity contribution in [2.75, 3.05) is 20.1 Å². The number of carbonyl (C=O) groups excluding carboxylic acids is 1. The predicted octanol–water partition coefficient (Wildman–Crippen LogP) is 1.63. The van der Waals surface area contributed by atoms with Crippen LogP contribution >= 0.6 is 0 Å². The summed E-state index contributed by atoms with van der Waals surface area (Å²) in [5.74, 6) is 2.40. The van der Waals surface area contributed by atoms with Crippen LogP contribution in [-0.4, -0.2) is 37.0 Å². The minimum absolute atomic E-state index is 0.410. The molecule has 2 aliphatic carbocycles. The standard InChI is InChI=1S/C14H24N2O/c1-15-10-5-4-8-16(9-10)14(17)13-11-6-2-3-7-12(11)13/h10-13,15H,2-9H2,1H3. The highest BCUT2D eigenvalue weighted by Gasteiger charge is 2.55. The van der Waals surface area contributed by atoms with Crippen molar-refractivity contribution in [2.45, 2.75) is 44.6 Å². The first-order chi connectivity index (χ1) is 8.31. The highest BCUT2D eigenvalue weighted by Crippen LogP contribution is 2.56. The van der Waals surface area contributed by atoms with E-state index in [0.29, 0.717) is 17.9 Å². The van der Waals surface area contributed by atoms with Crippen LogP contribution in [0.2, 0.25) is 0 Å². The minimum atomic E-state index is 0.410. The average Bonchev–Trinajstić information content (AvgIpc) is 3.12. The topological polar surface area (TPSA) is 32.3 Å². The first-order valence-electron chi connectivity index (χ1n) is 7.27. The summed E-state index contributed by atoms with van der Waals surface area (Å²) >= 11 is 0. The van der Waals surface area contributed by atoms with Gasteiger partial charge in [0.25, 0.3) is 0 Å². The number of carbonyl (C=O) groups is 1. The Labute approximate surface area is 104 Å². The highest BCUT2D eigenvalue weighted by molar-refractivity contribution is 5.82. The Morgan fingerprint density at radius 2 is 1.82 bits per heavy atom. The quantitative estimate of drug-likeness (QED) is 0.790. The number of piperidine rings is 1. The maximum atomic E-state index is 12.5. The van der Waals surface area contributed by atoms with Crippen LogP contribution in [0.5, 0.6) is 0 Å². The number of hydrogen-bond acceptors (Lipinski definition) is 2. The molecule has 3 heteroatoms. The van der Waals surface area contributed by atoms with Gasteiger partial charge in [0.2, 0.25) is 5.91 Å². The Bertz CT molecular complexity index is 293. The second kappa shape index (κ2) is 4.60. The number of nitrogens with one attached hydrogen (secondary N) is 1. The predicted molar refractivity (Wildman–Crippen MR) is 67.6 cm³/mol. The van der Waals surface area contributed by atoms with Gasteiger partial charge in [-0.1, -0.05) is 12.8 Å². The molecule has 1 N–H and O–H groups in total. The molecule has 0 aromatic rings. The first kappa shape index (κ1) is 11.5. The number of likely N-dealkylation sites (N-methyl/N-ethyl adjacent to an activating group) is 1. The lowest BCUT2D eigenvalue weighted by Crippen LogP contribution is -2.47. The van der Waals surface area contributed by atoms with E-state index in [4.69, 9.17) is 0 Å². The third kappa shape index (κ3) is 2.10. The zero-order chi connectivity index (χ0) is 11.8. The lowest BCUT2D eigenvalue weighted by atomic mass is 10.0. The van der Waals surface area contributed by atoms with E-state index in [9.17, 15) is 4.79 Å². The molecule has 96 valence electrons. The third-order valence-electron chi connectivity index (χ3n) is 5.08. The molecule has 3 fully saturated rings. The lowest BCUT2D eigenvalue weighted by molar-refractivity contribution is -0.134. The second-order valence-electron chi connectivity index (χ2n) is 6.05. The molecule has 1 aliphatic heterocycles. The number of hydrogen-bond donors (Lipinski definition) is 1. The molecule has 0 spiro atoms. The van der Waals surface area contributed by atoms with Crippen LogP contribution in [0.1, 0.15) is 38.5 Å². The van der Waals surface area contributed by atoms with Gasteiger partial charge in [0.1, 0.15) is 0 Å². The molecule has 3 nitrogen and oxygen atoms in total. The van der Waals surface area contributed by atoms with Crippen molar-refractivity contribution in [1.29, 1.82) is 0 Å². The van der Waals surface area contributed by atoms with E-state index in [1.165, 1.54) is 38.5 Å². The van der Waals surface area contributed by atoms with Gasteiger partial charge in [0, 0.05) is 25.0 Å². The van der Waals surface area contributed by atoms with Gasteiger partial charge in [-0.05, 0) is 44.6 Å². The molecule has 0 aromatic heterocycles. The van der Waals surface area contributed by atoms with Crippen LogP contribution < -0.4 is 5.32 Å². The first-order valence-corrected chi connectivity index (χ1v) is 7.27. The summed E-state index contributed by atoms with van der Waals surface area (Å²) in [4.78, 5) is 14.6. The van der Waals surface area contributed by atoms with Gasteiger partial charge in [-0.2, -0.15) is 0 Å². The second-order valence-corrected chi connectivity index (χ2v) is 6.05. The Balaban J connectivity index is 1.59. The third-order valence-corrected chi connectivity index (χ3v) is 5.08. The normalized spacial score (nSPS) is 40.9. The van der Waals surface area contributed by atoms with Crippen molar-refractivity contribution >= 4 is 5.91 Å². The fourth-order valence-electron chi connectivity index (χ4n) is 3.98. The summed E-state index contributed by atoms with van der Waals surface area (Å²) in [5.41, 5.74) is 0. The summed E-state index contributed by atoms with van der Waals surface area (Å²) in [6.45, 7) is 1.93. The van der Waals surface area contributed by atoms with E-state index < -0.39 is 0 Å². The molecule has 3 aliphatic rings. The molecule has 0 aromatic carbocycles. The van der Waals surface area contributed by atoms with Gasteiger partial charge in [0.15, 0.2) is 0 Å². The van der Waals surface area contributed by atoms with Crippen molar-refractivity contribution in [3.63, 3.8) is 0 Å². The fourth-order valence-corrected chi connectivity index (χ4v) is 3.98. The van der Waals surface area contributed by atoms with Gasteiger partial charge in [-0.25, -0.2) is 0 Å². The lowest BCUT2D eigenvalue weighted by Gasteiger charge is -2.33. The minimum Gasteiger partial charge on any atom is -0.341 e. The monoisotopic (exact) mass is 236 g/mol. The molecule has 1 amide bonds. The van der Waals surface area contributed by atoms with Crippen LogP contribution in [-0.2, 0) is 4.79 Å². The summed E-state index contributed by atoms with van der Waals surface area (Å²) in [6.07, 6.45) is 7.71. The van der Waals surface area contributed by atoms with Gasteiger partial charge in [0.05, 0.1) is 0 Å². The fraction of sp³-hybridized carbons (Fsp3) is 0.929. The van der Waals surface area contributed by atoms with E-state index in [1.54, 1.807) is 0 Å². The Morgan fingerprint density at radius 3 is 2.47 bits per heavy atom. The number of fused-ring (bicyclic) bond motifs is 1. The molecule has 1 heterocycles. The van der Waals surface area contributed by atoms with Crippen molar-refractivity contribution in [3.05, 3.63) is 0 Å². The average molecular weight is 236 g/mol. The summed E-state index contributed by atoms with van der Waals surface area (Å²) in [5, 5.41) is 3.32. The maximum Gasteiger partial charge on any atom is 0.226 e. The number of amides is 1. The summed E-state index contributed by atoms with van der Waals surface area (Å²) < 4.78 is 0. The SMILES string of the molecule is CNC1CCCN(C(=O)C2C3CCCCC32)C1. The number of rotatable bonds is 2. The zero-order valence-electron chi connectivity index (χ0n) is 10.8. The largest absolute Gasteiger partial charge is 0.341 e. The van der Waals surface area contributed by atoms with E-state index in [0.717, 1.165) is 24.9 Å². The van der Waals surface area contributed by atoms with E-state index in [1.807, 2.05) is 7.05 Å². The van der Waals surface area contributed by atoms with Gasteiger partial charge >= 0.3 is 0 Å². The smallest absolute Gasteiger partial charge is 0.226 e. The maximum absolute atomic E-state index is 12.5. The van der Waals surface area contributed by atoms with E-state index >= 15 is 0 Å². The van der Waals surface area contributed by atoms with Gasteiger partial charge in [-0.15, -0.1) is 0 Å². The molecule has 0 radical (unpaired) electrons. The molecule has 1 saturated heterocycles. The van der Waals surface area contributed by atoms with Crippen LogP contribution in [0.25, 0.3) is 0 Å². The molecule has 17 heavy (non-hydrogen) atoms. The zero-order valence-corrected chi connectivity index (χ0v) is 10.8. The van der Waals surface area contributed by atoms with Crippen molar-refractivity contribution in [1.82, 2.24) is 10.2 Å². The molecule has 0 bridgehead atoms. The van der Waals surface area contributed by atoms with Crippen molar-refractivity contribution in [3.8, 4) is 0 Å². The van der Waals surface area contributed by atoms with Crippen LogP contribution in [0.3, 0.4) is 0 Å². The Kier molecular flexibility index (Phi) is 3.12. The van der Waals surface area contributed by atoms with E-state index in [-0.39, 0.29) is 0 Å². The molecule has 3 unspecified atom stereocenters. The molecule has 3 atom stereocenters. The number of nitrogens with zero attached hydrogens (tertiary/aromatic N) is 1. The molecule has 2 saturated carbocycles. The molecular formula is C14H24N2O. The van der Waals surface area contributed by atoms with Crippen LogP contribution in [0.15, 0.2) is 0 Å². The van der Waals surface area contributed by atoms with E-state index in [2.05, 4.69) is 10.2 Å². The van der Waals surface area contributed by atoms with Gasteiger partial charge in [-0.3, -0.25) is 4.79 Å². The van der Waals surface area contributed by atoms with Gasteiger partial charge < -0.3 is 10.2 Å². The highest BCUT2D eigenvalue weighted by atomic mass is 16.2. The summed E-state index contributed by atoms with van der Waals surface area (Å²) in [7, 11) is 2.01. The van der Waals surface area contributed by atoms with Crippen molar-refractivity contribution < 1.29 is 4.79 Å². The summed E-state index contributed by atoms with van der Waals surface area (Å²) in [6, 6.07) is 0.522. The Morgan fingerprint density at radius 1 is 1.12 bits per heavy atom. The molecule has 3 rings (SSSR count). The van der Waals surface area contributed by atoms with Crippen LogP contribution in [0.4, 0.5) is 0 Å². The Hall–Kier alpha value is -0.570. The van der Waals surface area contributed by atoms with Crippen molar-refractivity contribution in [2.24, 2.45) is 17.8 Å². The number of likely N-dealkylation sites (tertiary alicyclic amines) is 1.